The van der Waals surface area contributed by atoms with Crippen molar-refractivity contribution in [3.8, 4) is 6.07 Å². The maximum atomic E-state index is 9.17. The summed E-state index contributed by atoms with van der Waals surface area (Å²) in [5.41, 5.74) is 2.41. The number of anilines is 1. The minimum absolute atomic E-state index is 0.0159. The molecule has 1 aliphatic heterocycles. The van der Waals surface area contributed by atoms with E-state index in [2.05, 4.69) is 11.0 Å². The topological polar surface area (TPSA) is 47.3 Å². The van der Waals surface area contributed by atoms with E-state index in [1.54, 1.807) is 6.07 Å². The van der Waals surface area contributed by atoms with E-state index in [0.29, 0.717) is 11.6 Å². The highest BCUT2D eigenvalue weighted by Crippen LogP contribution is 2.28. The molecule has 1 saturated heterocycles. The van der Waals surface area contributed by atoms with Crippen molar-refractivity contribution in [2.45, 2.75) is 19.1 Å². The molecule has 0 spiro atoms. The van der Waals surface area contributed by atoms with Crippen LogP contribution in [0.4, 0.5) is 5.69 Å². The van der Waals surface area contributed by atoms with Crippen molar-refractivity contribution in [3.63, 3.8) is 0 Å². The van der Waals surface area contributed by atoms with Gasteiger partial charge in [-0.1, -0.05) is 6.07 Å². The van der Waals surface area contributed by atoms with Crippen molar-refractivity contribution in [2.75, 3.05) is 23.5 Å². The van der Waals surface area contributed by atoms with Gasteiger partial charge in [0, 0.05) is 18.8 Å². The maximum absolute atomic E-state index is 9.17. The Morgan fingerprint density at radius 2 is 2.41 bits per heavy atom. The van der Waals surface area contributed by atoms with Crippen LogP contribution in [-0.4, -0.2) is 29.7 Å². The van der Waals surface area contributed by atoms with Crippen molar-refractivity contribution >= 4 is 17.4 Å². The number of hydrogen-bond acceptors (Lipinski definition) is 4. The van der Waals surface area contributed by atoms with Gasteiger partial charge in [-0.25, -0.2) is 0 Å². The van der Waals surface area contributed by atoms with Gasteiger partial charge in [-0.2, -0.15) is 17.0 Å². The monoisotopic (exact) mass is 248 g/mol. The predicted octanol–water partition coefficient (Wildman–Crippen LogP) is 1.99. The molecule has 17 heavy (non-hydrogen) atoms. The molecule has 1 atom stereocenters. The molecule has 0 aliphatic carbocycles. The maximum Gasteiger partial charge on any atom is 0.101 e. The van der Waals surface area contributed by atoms with Gasteiger partial charge in [0.2, 0.25) is 0 Å². The molecule has 1 aliphatic rings. The Kier molecular flexibility index (Phi) is 3.93. The third-order valence-corrected chi connectivity index (χ3v) is 4.34. The lowest BCUT2D eigenvalue weighted by atomic mass is 10.1. The van der Waals surface area contributed by atoms with Crippen LogP contribution < -0.4 is 4.90 Å². The Balaban J connectivity index is 2.28. The molecule has 0 amide bonds. The fourth-order valence-corrected chi connectivity index (χ4v) is 3.37. The van der Waals surface area contributed by atoms with Crippen molar-refractivity contribution in [1.29, 1.82) is 5.26 Å². The van der Waals surface area contributed by atoms with E-state index in [1.807, 2.05) is 30.9 Å². The number of rotatable bonds is 3. The van der Waals surface area contributed by atoms with Crippen LogP contribution in [0.3, 0.4) is 0 Å². The second-order valence-electron chi connectivity index (χ2n) is 4.25. The van der Waals surface area contributed by atoms with E-state index in [-0.39, 0.29) is 6.61 Å². The molecule has 4 heteroatoms. The van der Waals surface area contributed by atoms with Gasteiger partial charge in [0.05, 0.1) is 17.9 Å². The molecule has 1 fully saturated rings. The van der Waals surface area contributed by atoms with E-state index in [4.69, 9.17) is 10.4 Å². The Labute approximate surface area is 106 Å². The minimum atomic E-state index is -0.0159. The van der Waals surface area contributed by atoms with E-state index in [0.717, 1.165) is 17.0 Å². The Hall–Kier alpha value is -1.18. The average Bonchev–Trinajstić information content (AvgIpc) is 2.91. The van der Waals surface area contributed by atoms with Gasteiger partial charge >= 0.3 is 0 Å². The minimum Gasteiger partial charge on any atom is -0.392 e. The lowest BCUT2D eigenvalue weighted by Crippen LogP contribution is -2.31. The number of nitrogens with zero attached hydrogens (tertiary/aromatic N) is 2. The summed E-state index contributed by atoms with van der Waals surface area (Å²) in [4.78, 5) is 2.19. The van der Waals surface area contributed by atoms with Crippen LogP contribution in [0.5, 0.6) is 0 Å². The van der Waals surface area contributed by atoms with Gasteiger partial charge in [0.1, 0.15) is 6.07 Å². The SMILES string of the molecule is CN(c1ccc(CO)cc1C#N)C1CCSC1. The normalized spacial score (nSPS) is 19.0. The largest absolute Gasteiger partial charge is 0.392 e. The zero-order valence-corrected chi connectivity index (χ0v) is 10.7. The molecule has 1 aromatic rings. The third kappa shape index (κ3) is 2.56. The lowest BCUT2D eigenvalue weighted by molar-refractivity contribution is 0.282. The number of thioether (sulfide) groups is 1. The van der Waals surface area contributed by atoms with Crippen LogP contribution in [0.15, 0.2) is 18.2 Å². The predicted molar refractivity (Wildman–Crippen MR) is 71.2 cm³/mol. The average molecular weight is 248 g/mol. The molecule has 1 heterocycles. The number of hydrogen-bond donors (Lipinski definition) is 1. The molecule has 90 valence electrons. The van der Waals surface area contributed by atoms with Crippen molar-refractivity contribution in [3.05, 3.63) is 29.3 Å². The Bertz CT molecular complexity index is 436. The summed E-state index contributed by atoms with van der Waals surface area (Å²) in [6.45, 7) is -0.0159. The smallest absolute Gasteiger partial charge is 0.101 e. The van der Waals surface area contributed by atoms with Crippen molar-refractivity contribution in [1.82, 2.24) is 0 Å². The van der Waals surface area contributed by atoms with Crippen LogP contribution >= 0.6 is 11.8 Å². The summed E-state index contributed by atoms with van der Waals surface area (Å²) < 4.78 is 0. The van der Waals surface area contributed by atoms with Crippen LogP contribution in [0, 0.1) is 11.3 Å². The molecule has 3 nitrogen and oxygen atoms in total. The molecular weight excluding hydrogens is 232 g/mol. The third-order valence-electron chi connectivity index (χ3n) is 3.20. The van der Waals surface area contributed by atoms with Crippen molar-refractivity contribution < 1.29 is 5.11 Å². The number of aliphatic hydroxyl groups is 1. The van der Waals surface area contributed by atoms with Crippen LogP contribution in [0.25, 0.3) is 0 Å². The van der Waals surface area contributed by atoms with Gasteiger partial charge < -0.3 is 10.0 Å². The summed E-state index contributed by atoms with van der Waals surface area (Å²) in [6.07, 6.45) is 1.17. The first-order valence-corrected chi connectivity index (χ1v) is 6.86. The number of nitriles is 1. The zero-order valence-electron chi connectivity index (χ0n) is 9.89. The van der Waals surface area contributed by atoms with E-state index in [9.17, 15) is 0 Å². The van der Waals surface area contributed by atoms with E-state index >= 15 is 0 Å². The molecular formula is C13H16N2OS. The molecule has 1 N–H and O–H groups in total. The Morgan fingerprint density at radius 3 is 3.00 bits per heavy atom. The summed E-state index contributed by atoms with van der Waals surface area (Å²) >= 11 is 1.96. The first-order valence-electron chi connectivity index (χ1n) is 5.70. The fourth-order valence-electron chi connectivity index (χ4n) is 2.10. The second-order valence-corrected chi connectivity index (χ2v) is 5.40. The summed E-state index contributed by atoms with van der Waals surface area (Å²) in [7, 11) is 2.05. The van der Waals surface area contributed by atoms with Gasteiger partial charge in [-0.3, -0.25) is 0 Å². The van der Waals surface area contributed by atoms with Crippen molar-refractivity contribution in [2.24, 2.45) is 0 Å². The molecule has 0 aromatic heterocycles. The van der Waals surface area contributed by atoms with Crippen LogP contribution in [0.2, 0.25) is 0 Å². The van der Waals surface area contributed by atoms with Gasteiger partial charge in [-0.15, -0.1) is 0 Å². The zero-order chi connectivity index (χ0) is 12.3. The lowest BCUT2D eigenvalue weighted by Gasteiger charge is -2.27. The Morgan fingerprint density at radius 1 is 1.59 bits per heavy atom. The fraction of sp³-hybridized carbons (Fsp3) is 0.462. The first-order chi connectivity index (χ1) is 8.26. The molecule has 0 radical (unpaired) electrons. The van der Waals surface area contributed by atoms with Gasteiger partial charge in [0.15, 0.2) is 0 Å². The van der Waals surface area contributed by atoms with E-state index in [1.165, 1.54) is 12.2 Å². The summed E-state index contributed by atoms with van der Waals surface area (Å²) in [5, 5.41) is 18.2. The summed E-state index contributed by atoms with van der Waals surface area (Å²) in [5.74, 6) is 2.33. The first kappa shape index (κ1) is 12.3. The number of benzene rings is 1. The summed E-state index contributed by atoms with van der Waals surface area (Å²) in [6, 6.07) is 8.33. The molecule has 1 aromatic carbocycles. The molecule has 1 unspecified atom stereocenters. The highest BCUT2D eigenvalue weighted by Gasteiger charge is 2.22. The van der Waals surface area contributed by atoms with Gasteiger partial charge in [-0.05, 0) is 29.9 Å². The van der Waals surface area contributed by atoms with E-state index < -0.39 is 0 Å². The number of aliphatic hydroxyl groups excluding tert-OH is 1. The highest BCUT2D eigenvalue weighted by atomic mass is 32.2. The highest BCUT2D eigenvalue weighted by molar-refractivity contribution is 7.99. The second kappa shape index (κ2) is 5.44. The molecule has 0 saturated carbocycles. The standard InChI is InChI=1S/C13H16N2OS/c1-15(12-4-5-17-9-12)13-3-2-10(8-16)6-11(13)7-14/h2-3,6,12,16H,4-5,8-9H2,1H3. The molecule has 2 rings (SSSR count). The van der Waals surface area contributed by atoms with Crippen LogP contribution in [0.1, 0.15) is 17.5 Å². The van der Waals surface area contributed by atoms with Gasteiger partial charge in [0.25, 0.3) is 0 Å². The quantitative estimate of drug-likeness (QED) is 0.888. The molecule has 0 bridgehead atoms. The van der Waals surface area contributed by atoms with Crippen LogP contribution in [-0.2, 0) is 6.61 Å².